The minimum Gasteiger partial charge on any atom is -0.484 e. The molecule has 20 heavy (non-hydrogen) atoms. The van der Waals surface area contributed by atoms with Crippen molar-refractivity contribution in [3.63, 3.8) is 0 Å². The molecule has 0 radical (unpaired) electrons. The second-order valence-electron chi connectivity index (χ2n) is 4.36. The molecule has 0 N–H and O–H groups in total. The minimum atomic E-state index is -2.19. The zero-order valence-electron chi connectivity index (χ0n) is 10.1. The maximum atomic E-state index is 13.4. The summed E-state index contributed by atoms with van der Waals surface area (Å²) in [6.07, 6.45) is 0.147. The number of ether oxygens (including phenoxy) is 1. The Bertz CT molecular complexity index is 502. The third-order valence-electron chi connectivity index (χ3n) is 3.08. The van der Waals surface area contributed by atoms with Gasteiger partial charge in [-0.05, 0) is 0 Å². The van der Waals surface area contributed by atoms with Crippen LogP contribution in [0.5, 0.6) is 5.75 Å². The number of nitrogens with zero attached hydrogens (tertiary/aromatic N) is 1. The molecule has 1 fully saturated rings. The van der Waals surface area contributed by atoms with Crippen LogP contribution in [0.1, 0.15) is 12.8 Å². The van der Waals surface area contributed by atoms with Crippen LogP contribution in [0.3, 0.4) is 0 Å². The molecule has 0 amide bonds. The number of likely N-dealkylation sites (tertiary alicyclic amines) is 1. The summed E-state index contributed by atoms with van der Waals surface area (Å²) < 4.78 is 70.7. The molecule has 0 spiro atoms. The van der Waals surface area contributed by atoms with Crippen molar-refractivity contribution in [1.82, 2.24) is 4.90 Å². The number of rotatable bonds is 3. The maximum absolute atomic E-state index is 13.4. The largest absolute Gasteiger partial charge is 0.484 e. The predicted octanol–water partition coefficient (Wildman–Crippen LogP) is 3.18. The van der Waals surface area contributed by atoms with Crippen molar-refractivity contribution in [1.29, 1.82) is 0 Å². The van der Waals surface area contributed by atoms with Crippen LogP contribution in [0, 0.1) is 29.1 Å². The fraction of sp³-hybridized carbons (Fsp3) is 0.417. The molecule has 0 aliphatic carbocycles. The van der Waals surface area contributed by atoms with Gasteiger partial charge in [-0.1, -0.05) is 12.2 Å². The van der Waals surface area contributed by atoms with E-state index in [9.17, 15) is 22.0 Å². The Morgan fingerprint density at radius 2 is 1.35 bits per heavy atom. The van der Waals surface area contributed by atoms with Gasteiger partial charge in [0.2, 0.25) is 29.1 Å². The van der Waals surface area contributed by atoms with Gasteiger partial charge >= 0.3 is 0 Å². The number of halogens is 5. The monoisotopic (exact) mass is 311 g/mol. The van der Waals surface area contributed by atoms with E-state index >= 15 is 0 Å². The first kappa shape index (κ1) is 15.0. The summed E-state index contributed by atoms with van der Waals surface area (Å²) in [4.78, 5) is 1.80. The van der Waals surface area contributed by atoms with Crippen molar-refractivity contribution in [3.05, 3.63) is 29.1 Å². The molecule has 1 saturated heterocycles. The smallest absolute Gasteiger partial charge is 0.207 e. The van der Waals surface area contributed by atoms with E-state index in [-0.39, 0.29) is 0 Å². The highest BCUT2D eigenvalue weighted by atomic mass is 32.1. The number of benzene rings is 1. The lowest BCUT2D eigenvalue weighted by Gasteiger charge is -2.30. The lowest BCUT2D eigenvalue weighted by molar-refractivity contribution is 0.119. The second-order valence-corrected chi connectivity index (χ2v) is 4.57. The van der Waals surface area contributed by atoms with Gasteiger partial charge in [0, 0.05) is 25.9 Å². The fourth-order valence-corrected chi connectivity index (χ4v) is 2.16. The summed E-state index contributed by atoms with van der Waals surface area (Å²) in [5.41, 5.74) is 1.45. The van der Waals surface area contributed by atoms with Crippen molar-refractivity contribution in [2.45, 2.75) is 18.9 Å². The minimum absolute atomic E-state index is 0.382. The lowest BCUT2D eigenvalue weighted by atomic mass is 10.1. The highest BCUT2D eigenvalue weighted by Gasteiger charge is 2.29. The van der Waals surface area contributed by atoms with Gasteiger partial charge in [0.1, 0.15) is 6.10 Å². The molecule has 1 aromatic carbocycles. The van der Waals surface area contributed by atoms with E-state index in [4.69, 9.17) is 17.0 Å². The Hall–Kier alpha value is -1.44. The average molecular weight is 311 g/mol. The van der Waals surface area contributed by atoms with Crippen LogP contribution in [0.25, 0.3) is 0 Å². The highest BCUT2D eigenvalue weighted by Crippen LogP contribution is 2.31. The van der Waals surface area contributed by atoms with Gasteiger partial charge in [-0.2, -0.15) is 8.78 Å². The van der Waals surface area contributed by atoms with Gasteiger partial charge in [-0.15, -0.1) is 0 Å². The van der Waals surface area contributed by atoms with Crippen molar-refractivity contribution in [2.24, 2.45) is 0 Å². The number of piperidine rings is 1. The average Bonchev–Trinajstić information content (AvgIpc) is 2.48. The normalized spacial score (nSPS) is 16.4. The van der Waals surface area contributed by atoms with Crippen LogP contribution in [0.15, 0.2) is 0 Å². The van der Waals surface area contributed by atoms with Gasteiger partial charge in [-0.25, -0.2) is 13.2 Å². The SMILES string of the molecule is Fc1c(F)c(F)c(OC2CCN(C=S)CC2)c(F)c1F. The van der Waals surface area contributed by atoms with E-state index in [1.807, 2.05) is 0 Å². The standard InChI is InChI=1S/C12H10F5NOS/c13-7-8(14)10(16)12(11(17)9(7)15)19-6-1-3-18(5-20)4-2-6/h5-6H,1-4H2. The number of hydrogen-bond donors (Lipinski definition) is 0. The molecule has 0 bridgehead atoms. The van der Waals surface area contributed by atoms with E-state index in [1.165, 1.54) is 5.49 Å². The quantitative estimate of drug-likeness (QED) is 0.368. The van der Waals surface area contributed by atoms with Crippen LogP contribution in [0.2, 0.25) is 0 Å². The molecule has 0 saturated carbocycles. The number of thiocarbonyl (C=S) groups is 1. The maximum Gasteiger partial charge on any atom is 0.207 e. The topological polar surface area (TPSA) is 12.5 Å². The van der Waals surface area contributed by atoms with Crippen molar-refractivity contribution < 1.29 is 26.7 Å². The first-order chi connectivity index (χ1) is 9.45. The Balaban J connectivity index is 2.20. The molecular weight excluding hydrogens is 301 g/mol. The van der Waals surface area contributed by atoms with Crippen LogP contribution in [-0.4, -0.2) is 29.6 Å². The molecule has 110 valence electrons. The van der Waals surface area contributed by atoms with Crippen molar-refractivity contribution in [2.75, 3.05) is 13.1 Å². The van der Waals surface area contributed by atoms with Gasteiger partial charge in [0.25, 0.3) is 0 Å². The third kappa shape index (κ3) is 2.70. The van der Waals surface area contributed by atoms with E-state index in [0.717, 1.165) is 0 Å². The summed E-state index contributed by atoms with van der Waals surface area (Å²) in [6.45, 7) is 1.01. The zero-order valence-corrected chi connectivity index (χ0v) is 11.0. The predicted molar refractivity (Wildman–Crippen MR) is 65.1 cm³/mol. The molecule has 0 atom stereocenters. The van der Waals surface area contributed by atoms with Crippen LogP contribution >= 0.6 is 12.2 Å². The Labute approximate surface area is 117 Å². The number of hydrogen-bond acceptors (Lipinski definition) is 2. The molecular formula is C12H10F5NOS. The molecule has 1 aromatic rings. The summed E-state index contributed by atoms with van der Waals surface area (Å²) in [6, 6.07) is 0. The summed E-state index contributed by atoms with van der Waals surface area (Å²) in [5.74, 6) is -11.3. The van der Waals surface area contributed by atoms with Crippen LogP contribution in [0.4, 0.5) is 22.0 Å². The molecule has 1 heterocycles. The van der Waals surface area contributed by atoms with Crippen molar-refractivity contribution >= 4 is 17.7 Å². The Morgan fingerprint density at radius 1 is 0.900 bits per heavy atom. The molecule has 0 aromatic heterocycles. The summed E-state index contributed by atoms with van der Waals surface area (Å²) in [7, 11) is 0. The molecule has 1 aliphatic heterocycles. The molecule has 8 heteroatoms. The molecule has 2 rings (SSSR count). The summed E-state index contributed by atoms with van der Waals surface area (Å²) >= 11 is 4.73. The molecule has 1 aliphatic rings. The Kier molecular flexibility index (Phi) is 4.42. The Morgan fingerprint density at radius 3 is 1.80 bits per heavy atom. The lowest BCUT2D eigenvalue weighted by Crippen LogP contribution is -2.37. The second kappa shape index (κ2) is 5.90. The molecule has 0 unspecified atom stereocenters. The van der Waals surface area contributed by atoms with E-state index in [0.29, 0.717) is 25.9 Å². The first-order valence-electron chi connectivity index (χ1n) is 5.83. The molecule has 2 nitrogen and oxygen atoms in total. The van der Waals surface area contributed by atoms with Gasteiger partial charge < -0.3 is 9.64 Å². The zero-order chi connectivity index (χ0) is 14.9. The van der Waals surface area contributed by atoms with E-state index in [2.05, 4.69) is 0 Å². The van der Waals surface area contributed by atoms with E-state index in [1.54, 1.807) is 4.90 Å². The first-order valence-corrected chi connectivity index (χ1v) is 6.30. The van der Waals surface area contributed by atoms with Gasteiger partial charge in [-0.3, -0.25) is 0 Å². The van der Waals surface area contributed by atoms with Crippen molar-refractivity contribution in [3.8, 4) is 5.75 Å². The fourth-order valence-electron chi connectivity index (χ4n) is 1.95. The van der Waals surface area contributed by atoms with Crippen LogP contribution < -0.4 is 4.74 Å². The van der Waals surface area contributed by atoms with E-state index < -0.39 is 40.9 Å². The van der Waals surface area contributed by atoms with Crippen LogP contribution in [-0.2, 0) is 0 Å². The van der Waals surface area contributed by atoms with Gasteiger partial charge in [0.05, 0.1) is 5.49 Å². The highest BCUT2D eigenvalue weighted by molar-refractivity contribution is 7.78. The third-order valence-corrected chi connectivity index (χ3v) is 3.38. The van der Waals surface area contributed by atoms with Gasteiger partial charge in [0.15, 0.2) is 5.75 Å². The summed E-state index contributed by atoms with van der Waals surface area (Å²) in [5, 5.41) is 0.